The smallest absolute Gasteiger partial charge is 0.133 e. The maximum Gasteiger partial charge on any atom is 0.133 e. The van der Waals surface area contributed by atoms with Crippen molar-refractivity contribution in [2.75, 3.05) is 35.6 Å². The zero-order valence-corrected chi connectivity index (χ0v) is 13.7. The van der Waals surface area contributed by atoms with Gasteiger partial charge in [0.25, 0.3) is 0 Å². The lowest BCUT2D eigenvalue weighted by Crippen LogP contribution is -2.19. The highest BCUT2D eigenvalue weighted by molar-refractivity contribution is 5.59. The van der Waals surface area contributed by atoms with Crippen LogP contribution in [0, 0.1) is 0 Å². The van der Waals surface area contributed by atoms with Crippen molar-refractivity contribution in [1.82, 2.24) is 4.98 Å². The van der Waals surface area contributed by atoms with Crippen LogP contribution in [0.2, 0.25) is 0 Å². The SMILES string of the molecule is Nc1cc(NCCCCc2ccccc2)nc(N2CCCC2)c1. The van der Waals surface area contributed by atoms with Crippen LogP contribution in [-0.2, 0) is 6.42 Å². The summed E-state index contributed by atoms with van der Waals surface area (Å²) in [6.45, 7) is 3.11. The largest absolute Gasteiger partial charge is 0.399 e. The van der Waals surface area contributed by atoms with Crippen molar-refractivity contribution < 1.29 is 0 Å². The first-order valence-electron chi connectivity index (χ1n) is 8.61. The molecule has 122 valence electrons. The van der Waals surface area contributed by atoms with Crippen molar-refractivity contribution in [3.05, 3.63) is 48.0 Å². The summed E-state index contributed by atoms with van der Waals surface area (Å²) in [5.74, 6) is 1.90. The van der Waals surface area contributed by atoms with Gasteiger partial charge in [0.2, 0.25) is 0 Å². The van der Waals surface area contributed by atoms with Crippen LogP contribution in [0.15, 0.2) is 42.5 Å². The molecule has 0 unspecified atom stereocenters. The third-order valence-corrected chi connectivity index (χ3v) is 4.31. The molecular weight excluding hydrogens is 284 g/mol. The molecule has 1 aliphatic heterocycles. The Bertz CT molecular complexity index is 606. The molecule has 1 aliphatic rings. The zero-order valence-electron chi connectivity index (χ0n) is 13.7. The number of aryl methyl sites for hydroxylation is 1. The fourth-order valence-corrected chi connectivity index (χ4v) is 3.05. The molecular formula is C19H26N4. The first-order chi connectivity index (χ1) is 11.3. The number of anilines is 3. The van der Waals surface area contributed by atoms with Crippen molar-refractivity contribution in [1.29, 1.82) is 0 Å². The van der Waals surface area contributed by atoms with Crippen molar-refractivity contribution in [2.45, 2.75) is 32.1 Å². The van der Waals surface area contributed by atoms with E-state index in [1.165, 1.54) is 24.8 Å². The van der Waals surface area contributed by atoms with Crippen LogP contribution in [0.4, 0.5) is 17.3 Å². The summed E-state index contributed by atoms with van der Waals surface area (Å²) in [6, 6.07) is 14.6. The fourth-order valence-electron chi connectivity index (χ4n) is 3.05. The highest BCUT2D eigenvalue weighted by Crippen LogP contribution is 2.23. The molecule has 4 heteroatoms. The maximum atomic E-state index is 6.03. The molecule has 0 aliphatic carbocycles. The second kappa shape index (κ2) is 7.86. The number of hydrogen-bond acceptors (Lipinski definition) is 4. The minimum absolute atomic E-state index is 0.786. The average Bonchev–Trinajstić information content (AvgIpc) is 3.10. The number of unbranched alkanes of at least 4 members (excludes halogenated alkanes) is 1. The van der Waals surface area contributed by atoms with E-state index in [1.807, 2.05) is 12.1 Å². The third-order valence-electron chi connectivity index (χ3n) is 4.31. The second-order valence-electron chi connectivity index (χ2n) is 6.21. The van der Waals surface area contributed by atoms with E-state index in [1.54, 1.807) is 0 Å². The molecule has 0 atom stereocenters. The van der Waals surface area contributed by atoms with Crippen LogP contribution in [0.5, 0.6) is 0 Å². The van der Waals surface area contributed by atoms with Gasteiger partial charge in [-0.15, -0.1) is 0 Å². The van der Waals surface area contributed by atoms with Gasteiger partial charge in [-0.25, -0.2) is 4.98 Å². The topological polar surface area (TPSA) is 54.2 Å². The van der Waals surface area contributed by atoms with Gasteiger partial charge >= 0.3 is 0 Å². The Morgan fingerprint density at radius 3 is 2.61 bits per heavy atom. The van der Waals surface area contributed by atoms with E-state index in [-0.39, 0.29) is 0 Å². The Balaban J connectivity index is 1.46. The minimum atomic E-state index is 0.786. The highest BCUT2D eigenvalue weighted by Gasteiger charge is 2.14. The normalized spacial score (nSPS) is 14.2. The summed E-state index contributed by atoms with van der Waals surface area (Å²) in [7, 11) is 0. The van der Waals surface area contributed by atoms with Gasteiger partial charge in [0.1, 0.15) is 11.6 Å². The van der Waals surface area contributed by atoms with Gasteiger partial charge in [-0.3, -0.25) is 0 Å². The van der Waals surface area contributed by atoms with Gasteiger partial charge in [-0.05, 0) is 37.7 Å². The fraction of sp³-hybridized carbons (Fsp3) is 0.421. The molecule has 2 aromatic rings. The summed E-state index contributed by atoms with van der Waals surface area (Å²) < 4.78 is 0. The highest BCUT2D eigenvalue weighted by atomic mass is 15.2. The molecule has 3 rings (SSSR count). The van der Waals surface area contributed by atoms with E-state index in [0.29, 0.717) is 0 Å². The van der Waals surface area contributed by atoms with Crippen molar-refractivity contribution >= 4 is 17.3 Å². The van der Waals surface area contributed by atoms with E-state index in [0.717, 1.165) is 49.8 Å². The van der Waals surface area contributed by atoms with Crippen LogP contribution in [-0.4, -0.2) is 24.6 Å². The first kappa shape index (κ1) is 15.7. The third kappa shape index (κ3) is 4.62. The number of benzene rings is 1. The number of nitrogens with zero attached hydrogens (tertiary/aromatic N) is 2. The Morgan fingerprint density at radius 1 is 1.04 bits per heavy atom. The number of nitrogens with one attached hydrogen (secondary N) is 1. The monoisotopic (exact) mass is 310 g/mol. The number of rotatable bonds is 7. The minimum Gasteiger partial charge on any atom is -0.399 e. The van der Waals surface area contributed by atoms with Crippen LogP contribution in [0.1, 0.15) is 31.2 Å². The lowest BCUT2D eigenvalue weighted by Gasteiger charge is -2.18. The summed E-state index contributed by atoms with van der Waals surface area (Å²) in [5, 5.41) is 3.42. The standard InChI is InChI=1S/C19H26N4/c20-17-14-18(22-19(15-17)23-12-6-7-13-23)21-11-5-4-10-16-8-2-1-3-9-16/h1-3,8-9,14-15H,4-7,10-13H2,(H3,20,21,22). The van der Waals surface area contributed by atoms with Gasteiger partial charge < -0.3 is 16.0 Å². The number of aromatic nitrogens is 1. The number of nitrogens with two attached hydrogens (primary N) is 1. The molecule has 0 radical (unpaired) electrons. The van der Waals surface area contributed by atoms with E-state index in [9.17, 15) is 0 Å². The summed E-state index contributed by atoms with van der Waals surface area (Å²) in [4.78, 5) is 7.02. The molecule has 23 heavy (non-hydrogen) atoms. The van der Waals surface area contributed by atoms with Crippen molar-refractivity contribution in [2.24, 2.45) is 0 Å². The molecule has 4 nitrogen and oxygen atoms in total. The number of nitrogen functional groups attached to an aromatic ring is 1. The van der Waals surface area contributed by atoms with Crippen LogP contribution >= 0.6 is 0 Å². The van der Waals surface area contributed by atoms with Crippen molar-refractivity contribution in [3.63, 3.8) is 0 Å². The molecule has 3 N–H and O–H groups in total. The van der Waals surface area contributed by atoms with Gasteiger partial charge in [-0.1, -0.05) is 30.3 Å². The first-order valence-corrected chi connectivity index (χ1v) is 8.61. The Morgan fingerprint density at radius 2 is 1.83 bits per heavy atom. The van der Waals surface area contributed by atoms with Gasteiger partial charge in [0, 0.05) is 37.5 Å². The molecule has 0 bridgehead atoms. The maximum absolute atomic E-state index is 6.03. The summed E-state index contributed by atoms with van der Waals surface area (Å²) >= 11 is 0. The zero-order chi connectivity index (χ0) is 15.9. The van der Waals surface area contributed by atoms with E-state index in [2.05, 4.69) is 40.5 Å². The molecule has 2 heterocycles. The van der Waals surface area contributed by atoms with Crippen molar-refractivity contribution in [3.8, 4) is 0 Å². The molecule has 0 saturated carbocycles. The molecule has 0 amide bonds. The average molecular weight is 310 g/mol. The van der Waals surface area contributed by atoms with Gasteiger partial charge in [0.05, 0.1) is 0 Å². The van der Waals surface area contributed by atoms with E-state index < -0.39 is 0 Å². The lowest BCUT2D eigenvalue weighted by molar-refractivity contribution is 0.761. The second-order valence-corrected chi connectivity index (χ2v) is 6.21. The van der Waals surface area contributed by atoms with Crippen LogP contribution in [0.3, 0.4) is 0 Å². The van der Waals surface area contributed by atoms with Crippen LogP contribution in [0.25, 0.3) is 0 Å². The van der Waals surface area contributed by atoms with E-state index >= 15 is 0 Å². The predicted molar refractivity (Wildman–Crippen MR) is 98.0 cm³/mol. The quantitative estimate of drug-likeness (QED) is 0.766. The summed E-state index contributed by atoms with van der Waals surface area (Å²) in [5.41, 5.74) is 8.22. The lowest BCUT2D eigenvalue weighted by atomic mass is 10.1. The molecule has 1 saturated heterocycles. The summed E-state index contributed by atoms with van der Waals surface area (Å²) in [6.07, 6.45) is 5.94. The number of hydrogen-bond donors (Lipinski definition) is 2. The molecule has 0 spiro atoms. The predicted octanol–water partition coefficient (Wildman–Crippen LogP) is 3.70. The molecule has 1 aromatic carbocycles. The van der Waals surface area contributed by atoms with E-state index in [4.69, 9.17) is 10.7 Å². The van der Waals surface area contributed by atoms with Gasteiger partial charge in [0.15, 0.2) is 0 Å². The Labute approximate surface area is 138 Å². The molecule has 1 fully saturated rings. The Hall–Kier alpha value is -2.23. The van der Waals surface area contributed by atoms with Gasteiger partial charge in [-0.2, -0.15) is 0 Å². The molecule has 1 aromatic heterocycles. The van der Waals surface area contributed by atoms with Crippen LogP contribution < -0.4 is 16.0 Å². The Kier molecular flexibility index (Phi) is 5.35. The number of pyridine rings is 1.